The van der Waals surface area contributed by atoms with E-state index in [1.165, 1.54) is 0 Å². The molecule has 0 saturated heterocycles. The SMILES string of the molecule is O=C(NCc1ccc(NC(=S)Nc2ccc(CNC(=O)OCc3ccccc3)cc2)cc1)OCc1ccccc1. The van der Waals surface area contributed by atoms with Gasteiger partial charge in [-0.25, -0.2) is 9.59 Å². The lowest BCUT2D eigenvalue weighted by Gasteiger charge is -2.12. The largest absolute Gasteiger partial charge is 0.445 e. The van der Waals surface area contributed by atoms with E-state index in [0.29, 0.717) is 18.2 Å². The van der Waals surface area contributed by atoms with Gasteiger partial charge in [-0.3, -0.25) is 0 Å². The summed E-state index contributed by atoms with van der Waals surface area (Å²) in [4.78, 5) is 23.9. The maximum absolute atomic E-state index is 11.9. The van der Waals surface area contributed by atoms with Crippen molar-refractivity contribution in [2.75, 3.05) is 10.6 Å². The Balaban J connectivity index is 1.13. The number of benzene rings is 4. The molecule has 204 valence electrons. The number of rotatable bonds is 10. The van der Waals surface area contributed by atoms with Crippen molar-refractivity contribution < 1.29 is 19.1 Å². The first kappa shape index (κ1) is 28.1. The molecule has 0 spiro atoms. The Morgan fingerprint density at radius 3 is 1.27 bits per heavy atom. The molecule has 0 saturated carbocycles. The van der Waals surface area contributed by atoms with Gasteiger partial charge in [0.05, 0.1) is 0 Å². The van der Waals surface area contributed by atoms with Crippen LogP contribution in [-0.2, 0) is 35.8 Å². The number of anilines is 2. The zero-order valence-corrected chi connectivity index (χ0v) is 22.6. The lowest BCUT2D eigenvalue weighted by atomic mass is 10.2. The molecule has 4 N–H and O–H groups in total. The Kier molecular flexibility index (Phi) is 10.5. The van der Waals surface area contributed by atoms with Gasteiger partial charge >= 0.3 is 12.2 Å². The van der Waals surface area contributed by atoms with E-state index in [4.69, 9.17) is 21.7 Å². The second-order valence-electron chi connectivity index (χ2n) is 8.80. The minimum atomic E-state index is -0.471. The molecule has 0 heterocycles. The van der Waals surface area contributed by atoms with Gasteiger partial charge in [-0.1, -0.05) is 84.9 Å². The molecule has 9 heteroatoms. The van der Waals surface area contributed by atoms with Crippen molar-refractivity contribution in [3.63, 3.8) is 0 Å². The fourth-order valence-corrected chi connectivity index (χ4v) is 3.84. The predicted molar refractivity (Wildman–Crippen MR) is 160 cm³/mol. The second-order valence-corrected chi connectivity index (χ2v) is 9.21. The Morgan fingerprint density at radius 2 is 0.900 bits per heavy atom. The smallest absolute Gasteiger partial charge is 0.407 e. The van der Waals surface area contributed by atoms with Crippen LogP contribution in [0, 0.1) is 0 Å². The van der Waals surface area contributed by atoms with Crippen molar-refractivity contribution in [3.05, 3.63) is 131 Å². The van der Waals surface area contributed by atoms with Crippen molar-refractivity contribution in [2.24, 2.45) is 0 Å². The van der Waals surface area contributed by atoms with Crippen molar-refractivity contribution in [3.8, 4) is 0 Å². The van der Waals surface area contributed by atoms with Gasteiger partial charge in [0.1, 0.15) is 13.2 Å². The molecule has 4 rings (SSSR count). The summed E-state index contributed by atoms with van der Waals surface area (Å²) in [6.07, 6.45) is -0.942. The number of amides is 2. The highest BCUT2D eigenvalue weighted by molar-refractivity contribution is 7.80. The molecule has 4 aromatic rings. The van der Waals surface area contributed by atoms with Crippen LogP contribution in [0.2, 0.25) is 0 Å². The first-order valence-corrected chi connectivity index (χ1v) is 13.1. The molecule has 0 aliphatic carbocycles. The van der Waals surface area contributed by atoms with Crippen molar-refractivity contribution in [1.82, 2.24) is 10.6 Å². The van der Waals surface area contributed by atoms with Crippen LogP contribution in [-0.4, -0.2) is 17.3 Å². The normalized spacial score (nSPS) is 10.2. The minimum Gasteiger partial charge on any atom is -0.445 e. The second kappa shape index (κ2) is 14.9. The van der Waals surface area contributed by atoms with Gasteiger partial charge in [0.2, 0.25) is 0 Å². The van der Waals surface area contributed by atoms with Crippen LogP contribution >= 0.6 is 12.2 Å². The van der Waals surface area contributed by atoms with Gasteiger partial charge < -0.3 is 30.7 Å². The Hall–Kier alpha value is -4.89. The lowest BCUT2D eigenvalue weighted by molar-refractivity contribution is 0.138. The summed E-state index contributed by atoms with van der Waals surface area (Å²) in [6.45, 7) is 1.15. The van der Waals surface area contributed by atoms with Gasteiger partial charge in [0.25, 0.3) is 0 Å². The van der Waals surface area contributed by atoms with Gasteiger partial charge in [0.15, 0.2) is 5.11 Å². The van der Waals surface area contributed by atoms with Gasteiger partial charge in [-0.2, -0.15) is 0 Å². The van der Waals surface area contributed by atoms with Crippen LogP contribution in [0.4, 0.5) is 21.0 Å². The molecule has 0 radical (unpaired) electrons. The molecule has 40 heavy (non-hydrogen) atoms. The number of nitrogens with one attached hydrogen (secondary N) is 4. The lowest BCUT2D eigenvalue weighted by Crippen LogP contribution is -2.23. The molecule has 0 atom stereocenters. The Bertz CT molecular complexity index is 1280. The third-order valence-electron chi connectivity index (χ3n) is 5.72. The molecule has 0 bridgehead atoms. The maximum Gasteiger partial charge on any atom is 0.407 e. The maximum atomic E-state index is 11.9. The summed E-state index contributed by atoms with van der Waals surface area (Å²) < 4.78 is 10.5. The summed E-state index contributed by atoms with van der Waals surface area (Å²) in [5.74, 6) is 0. The first-order valence-electron chi connectivity index (χ1n) is 12.7. The standard InChI is InChI=1S/C31H30N4O4S/c36-30(38-21-25-7-3-1-4-8-25)32-19-23-11-15-27(16-12-23)34-29(40)35-28-17-13-24(14-18-28)20-33-31(37)39-22-26-9-5-2-6-10-26/h1-18H,19-22H2,(H,32,36)(H,33,37)(H2,34,35,40). The molecule has 0 aromatic heterocycles. The molecule has 0 fully saturated rings. The molecule has 2 amide bonds. The average Bonchev–Trinajstić information content (AvgIpc) is 2.99. The quantitative estimate of drug-likeness (QED) is 0.170. The molecular formula is C31H30N4O4S. The zero-order chi connectivity index (χ0) is 28.0. The topological polar surface area (TPSA) is 101 Å². The summed E-state index contributed by atoms with van der Waals surface area (Å²) in [6, 6.07) is 34.2. The predicted octanol–water partition coefficient (Wildman–Crippen LogP) is 6.35. The summed E-state index contributed by atoms with van der Waals surface area (Å²) >= 11 is 5.42. The fraction of sp³-hybridized carbons (Fsp3) is 0.129. The van der Waals surface area contributed by atoms with Gasteiger partial charge in [-0.15, -0.1) is 0 Å². The van der Waals surface area contributed by atoms with E-state index in [1.54, 1.807) is 0 Å². The third kappa shape index (κ3) is 9.77. The number of carbonyl (C=O) groups is 2. The van der Waals surface area contributed by atoms with E-state index < -0.39 is 12.2 Å². The van der Waals surface area contributed by atoms with E-state index in [9.17, 15) is 9.59 Å². The number of ether oxygens (including phenoxy) is 2. The zero-order valence-electron chi connectivity index (χ0n) is 21.8. The van der Waals surface area contributed by atoms with Crippen LogP contribution in [0.25, 0.3) is 0 Å². The number of thiocarbonyl (C=S) groups is 1. The highest BCUT2D eigenvalue weighted by atomic mass is 32.1. The number of carbonyl (C=O) groups excluding carboxylic acids is 2. The molecule has 4 aromatic carbocycles. The van der Waals surface area contributed by atoms with E-state index in [2.05, 4.69) is 21.3 Å². The monoisotopic (exact) mass is 554 g/mol. The number of hydrogen-bond donors (Lipinski definition) is 4. The Labute approximate surface area is 238 Å². The highest BCUT2D eigenvalue weighted by Gasteiger charge is 2.05. The molecule has 0 unspecified atom stereocenters. The van der Waals surface area contributed by atoms with E-state index in [1.807, 2.05) is 109 Å². The fourth-order valence-electron chi connectivity index (χ4n) is 3.60. The molecule has 8 nitrogen and oxygen atoms in total. The van der Waals surface area contributed by atoms with Gasteiger partial charge in [-0.05, 0) is 58.7 Å². The summed E-state index contributed by atoms with van der Waals surface area (Å²) in [5, 5.41) is 12.2. The molecule has 0 aliphatic heterocycles. The van der Waals surface area contributed by atoms with Crippen LogP contribution < -0.4 is 21.3 Å². The van der Waals surface area contributed by atoms with Crippen molar-refractivity contribution in [1.29, 1.82) is 0 Å². The summed E-state index contributed by atoms with van der Waals surface area (Å²) in [7, 11) is 0. The number of alkyl carbamates (subject to hydrolysis) is 2. The molecule has 0 aliphatic rings. The van der Waals surface area contributed by atoms with E-state index in [-0.39, 0.29) is 13.2 Å². The Morgan fingerprint density at radius 1 is 0.525 bits per heavy atom. The summed E-state index contributed by atoms with van der Waals surface area (Å²) in [5.41, 5.74) is 5.33. The third-order valence-corrected chi connectivity index (χ3v) is 5.93. The van der Waals surface area contributed by atoms with Crippen LogP contribution in [0.5, 0.6) is 0 Å². The molecular weight excluding hydrogens is 524 g/mol. The van der Waals surface area contributed by atoms with Crippen molar-refractivity contribution in [2.45, 2.75) is 26.3 Å². The highest BCUT2D eigenvalue weighted by Crippen LogP contribution is 2.13. The van der Waals surface area contributed by atoms with Crippen LogP contribution in [0.3, 0.4) is 0 Å². The first-order chi connectivity index (χ1) is 19.5. The van der Waals surface area contributed by atoms with E-state index >= 15 is 0 Å². The minimum absolute atomic E-state index is 0.226. The number of hydrogen-bond acceptors (Lipinski definition) is 5. The van der Waals surface area contributed by atoms with Crippen molar-refractivity contribution >= 4 is 40.9 Å². The van der Waals surface area contributed by atoms with Crippen LogP contribution in [0.1, 0.15) is 22.3 Å². The average molecular weight is 555 g/mol. The van der Waals surface area contributed by atoms with Crippen LogP contribution in [0.15, 0.2) is 109 Å². The van der Waals surface area contributed by atoms with E-state index in [0.717, 1.165) is 33.6 Å². The van der Waals surface area contributed by atoms with Gasteiger partial charge in [0, 0.05) is 24.5 Å².